The standard InChI is InChI=1S/C22H23N5O3S/c1-13-18(21(29)30-5)19(15-6-8-16(9-7-15)25(2)3)27-20(28)17(31-22(27)24-13)10-14-11-23-26(4)12-14/h6-12,19H,1-5H3. The van der Waals surface area contributed by atoms with E-state index < -0.39 is 12.0 Å². The summed E-state index contributed by atoms with van der Waals surface area (Å²) in [5.74, 6) is -0.496. The number of rotatable bonds is 4. The van der Waals surface area contributed by atoms with Crippen molar-refractivity contribution in [2.24, 2.45) is 12.0 Å². The van der Waals surface area contributed by atoms with Crippen LogP contribution in [0.2, 0.25) is 0 Å². The molecule has 0 saturated heterocycles. The molecular weight excluding hydrogens is 414 g/mol. The SMILES string of the molecule is COC(=O)C1=C(C)N=c2sc(=Cc3cnn(C)c3)c(=O)n2C1c1ccc(N(C)C)cc1. The third-order valence-electron chi connectivity index (χ3n) is 5.17. The third kappa shape index (κ3) is 3.72. The Labute approximate surface area is 183 Å². The van der Waals surface area contributed by atoms with E-state index in [1.54, 1.807) is 28.4 Å². The number of ether oxygens (including phenoxy) is 1. The Morgan fingerprint density at radius 3 is 2.55 bits per heavy atom. The van der Waals surface area contributed by atoms with E-state index in [0.29, 0.717) is 20.6 Å². The normalized spacial score (nSPS) is 16.2. The van der Waals surface area contributed by atoms with Gasteiger partial charge in [0, 0.05) is 38.6 Å². The van der Waals surface area contributed by atoms with Crippen LogP contribution in [0.3, 0.4) is 0 Å². The smallest absolute Gasteiger partial charge is 0.338 e. The van der Waals surface area contributed by atoms with E-state index in [9.17, 15) is 9.59 Å². The number of carbonyl (C=O) groups excluding carboxylic acids is 1. The van der Waals surface area contributed by atoms with Crippen LogP contribution in [-0.4, -0.2) is 41.5 Å². The van der Waals surface area contributed by atoms with E-state index in [-0.39, 0.29) is 5.56 Å². The minimum atomic E-state index is -0.615. The van der Waals surface area contributed by atoms with Gasteiger partial charge in [-0.3, -0.25) is 14.0 Å². The minimum Gasteiger partial charge on any atom is -0.466 e. The second-order valence-corrected chi connectivity index (χ2v) is 8.52. The molecule has 1 aliphatic rings. The van der Waals surface area contributed by atoms with E-state index in [4.69, 9.17) is 4.74 Å². The maximum Gasteiger partial charge on any atom is 0.338 e. The van der Waals surface area contributed by atoms with E-state index >= 15 is 0 Å². The predicted octanol–water partition coefficient (Wildman–Crippen LogP) is 1.21. The fourth-order valence-corrected chi connectivity index (χ4v) is 4.68. The van der Waals surface area contributed by atoms with Crippen LogP contribution >= 0.6 is 11.3 Å². The highest BCUT2D eigenvalue weighted by molar-refractivity contribution is 7.07. The number of nitrogens with zero attached hydrogens (tertiary/aromatic N) is 5. The second kappa shape index (κ2) is 7.99. The fraction of sp³-hybridized carbons (Fsp3) is 0.273. The lowest BCUT2D eigenvalue weighted by Crippen LogP contribution is -2.39. The summed E-state index contributed by atoms with van der Waals surface area (Å²) in [4.78, 5) is 33.2. The Hall–Kier alpha value is -3.46. The predicted molar refractivity (Wildman–Crippen MR) is 120 cm³/mol. The van der Waals surface area contributed by atoms with Gasteiger partial charge in [-0.1, -0.05) is 23.5 Å². The maximum absolute atomic E-state index is 13.4. The molecule has 0 spiro atoms. The Balaban J connectivity index is 1.95. The van der Waals surface area contributed by atoms with Gasteiger partial charge in [-0.05, 0) is 30.7 Å². The molecule has 1 atom stereocenters. The molecule has 0 amide bonds. The molecule has 1 unspecified atom stereocenters. The van der Waals surface area contributed by atoms with Crippen molar-refractivity contribution in [2.75, 3.05) is 26.1 Å². The summed E-state index contributed by atoms with van der Waals surface area (Å²) >= 11 is 1.29. The number of hydrogen-bond donors (Lipinski definition) is 0. The average molecular weight is 438 g/mol. The Morgan fingerprint density at radius 1 is 1.26 bits per heavy atom. The van der Waals surface area contributed by atoms with Crippen LogP contribution in [0.5, 0.6) is 0 Å². The van der Waals surface area contributed by atoms with Gasteiger partial charge in [-0.25, -0.2) is 9.79 Å². The van der Waals surface area contributed by atoms with E-state index in [2.05, 4.69) is 10.1 Å². The number of allylic oxidation sites excluding steroid dienone is 1. The lowest BCUT2D eigenvalue weighted by Gasteiger charge is -2.25. The molecule has 8 nitrogen and oxygen atoms in total. The first-order valence-electron chi connectivity index (χ1n) is 9.67. The number of thiazole rings is 1. The number of fused-ring (bicyclic) bond motifs is 1. The third-order valence-corrected chi connectivity index (χ3v) is 6.16. The number of aryl methyl sites for hydroxylation is 1. The summed E-state index contributed by atoms with van der Waals surface area (Å²) < 4.78 is 8.82. The van der Waals surface area contributed by atoms with Gasteiger partial charge in [-0.15, -0.1) is 0 Å². The maximum atomic E-state index is 13.4. The number of anilines is 1. The zero-order chi connectivity index (χ0) is 22.3. The van der Waals surface area contributed by atoms with Gasteiger partial charge in [0.15, 0.2) is 4.80 Å². The van der Waals surface area contributed by atoms with Crippen molar-refractivity contribution in [3.63, 3.8) is 0 Å². The number of benzene rings is 1. The number of esters is 1. The Bertz CT molecular complexity index is 1360. The van der Waals surface area contributed by atoms with Gasteiger partial charge in [0.25, 0.3) is 5.56 Å². The lowest BCUT2D eigenvalue weighted by atomic mass is 9.95. The molecule has 0 bridgehead atoms. The summed E-state index contributed by atoms with van der Waals surface area (Å²) in [7, 11) is 7.07. The molecule has 31 heavy (non-hydrogen) atoms. The first-order valence-corrected chi connectivity index (χ1v) is 10.5. The van der Waals surface area contributed by atoms with Crippen molar-refractivity contribution in [3.05, 3.63) is 78.7 Å². The summed E-state index contributed by atoms with van der Waals surface area (Å²) in [6, 6.07) is 7.17. The molecule has 1 aliphatic heterocycles. The van der Waals surface area contributed by atoms with E-state index in [0.717, 1.165) is 16.8 Å². The van der Waals surface area contributed by atoms with E-state index in [1.807, 2.05) is 56.5 Å². The molecule has 0 N–H and O–H groups in total. The van der Waals surface area contributed by atoms with Crippen LogP contribution in [0.4, 0.5) is 5.69 Å². The zero-order valence-corrected chi connectivity index (χ0v) is 18.8. The highest BCUT2D eigenvalue weighted by atomic mass is 32.1. The number of methoxy groups -OCH3 is 1. The van der Waals surface area contributed by atoms with Gasteiger partial charge in [0.05, 0.1) is 35.2 Å². The largest absolute Gasteiger partial charge is 0.466 e. The molecule has 2 aromatic heterocycles. The van der Waals surface area contributed by atoms with Gasteiger partial charge in [0.1, 0.15) is 0 Å². The monoisotopic (exact) mass is 437 g/mol. The van der Waals surface area contributed by atoms with Crippen LogP contribution in [0.1, 0.15) is 24.1 Å². The van der Waals surface area contributed by atoms with Crippen molar-refractivity contribution in [1.29, 1.82) is 0 Å². The molecular formula is C22H23N5O3S. The summed E-state index contributed by atoms with van der Waals surface area (Å²) in [6.45, 7) is 1.77. The van der Waals surface area contributed by atoms with Crippen LogP contribution < -0.4 is 19.8 Å². The van der Waals surface area contributed by atoms with Gasteiger partial charge in [-0.2, -0.15) is 5.10 Å². The molecule has 4 rings (SSSR count). The molecule has 0 aliphatic carbocycles. The van der Waals surface area contributed by atoms with Crippen LogP contribution in [-0.2, 0) is 16.6 Å². The van der Waals surface area contributed by atoms with Crippen molar-refractivity contribution in [2.45, 2.75) is 13.0 Å². The van der Waals surface area contributed by atoms with Crippen molar-refractivity contribution in [1.82, 2.24) is 14.3 Å². The molecule has 160 valence electrons. The van der Waals surface area contributed by atoms with Gasteiger partial charge in [0.2, 0.25) is 0 Å². The topological polar surface area (TPSA) is 81.7 Å². The average Bonchev–Trinajstić information content (AvgIpc) is 3.29. The Kier molecular flexibility index (Phi) is 5.36. The zero-order valence-electron chi connectivity index (χ0n) is 18.0. The molecule has 3 heterocycles. The lowest BCUT2D eigenvalue weighted by molar-refractivity contribution is -0.136. The van der Waals surface area contributed by atoms with Crippen molar-refractivity contribution in [3.8, 4) is 0 Å². The van der Waals surface area contributed by atoms with Crippen molar-refractivity contribution < 1.29 is 9.53 Å². The Morgan fingerprint density at radius 2 is 1.97 bits per heavy atom. The first kappa shape index (κ1) is 20.8. The summed E-state index contributed by atoms with van der Waals surface area (Å²) in [5.41, 5.74) is 3.36. The number of carbonyl (C=O) groups is 1. The van der Waals surface area contributed by atoms with Crippen molar-refractivity contribution >= 4 is 29.1 Å². The highest BCUT2D eigenvalue weighted by Gasteiger charge is 2.33. The van der Waals surface area contributed by atoms with Crippen LogP contribution in [0, 0.1) is 0 Å². The highest BCUT2D eigenvalue weighted by Crippen LogP contribution is 2.31. The summed E-state index contributed by atoms with van der Waals surface area (Å²) in [6.07, 6.45) is 5.32. The molecule has 0 fully saturated rings. The number of hydrogen-bond acceptors (Lipinski definition) is 7. The minimum absolute atomic E-state index is 0.205. The molecule has 0 radical (unpaired) electrons. The molecule has 0 saturated carbocycles. The quantitative estimate of drug-likeness (QED) is 0.573. The fourth-order valence-electron chi connectivity index (χ4n) is 3.63. The first-order chi connectivity index (χ1) is 14.8. The molecule has 3 aromatic rings. The van der Waals surface area contributed by atoms with E-state index in [1.165, 1.54) is 18.4 Å². The molecule has 9 heteroatoms. The van der Waals surface area contributed by atoms with Crippen LogP contribution in [0.15, 0.2) is 57.7 Å². The number of aromatic nitrogens is 3. The molecule has 1 aromatic carbocycles. The summed E-state index contributed by atoms with van der Waals surface area (Å²) in [5, 5.41) is 4.15. The van der Waals surface area contributed by atoms with Gasteiger partial charge >= 0.3 is 5.97 Å². The van der Waals surface area contributed by atoms with Gasteiger partial charge < -0.3 is 9.64 Å². The second-order valence-electron chi connectivity index (χ2n) is 7.51. The van der Waals surface area contributed by atoms with Crippen LogP contribution in [0.25, 0.3) is 6.08 Å².